The molecule has 0 amide bonds. The van der Waals surface area contributed by atoms with E-state index in [-0.39, 0.29) is 12.6 Å². The van der Waals surface area contributed by atoms with E-state index in [1.807, 2.05) is 61.8 Å². The van der Waals surface area contributed by atoms with Crippen molar-refractivity contribution in [2.24, 2.45) is 0 Å². The maximum atomic E-state index is 11.2. The molecule has 0 aliphatic carbocycles. The van der Waals surface area contributed by atoms with E-state index in [4.69, 9.17) is 10.8 Å². The Kier molecular flexibility index (Phi) is 8.46. The molecule has 0 bridgehead atoms. The van der Waals surface area contributed by atoms with Crippen molar-refractivity contribution in [1.29, 1.82) is 0 Å². The number of aliphatic hydroxyl groups excluding tert-OH is 1. The first-order valence-corrected chi connectivity index (χ1v) is 11.5. The highest BCUT2D eigenvalue weighted by atomic mass is 32.1. The van der Waals surface area contributed by atoms with Crippen LogP contribution in [0.25, 0.3) is 10.8 Å². The molecule has 0 saturated carbocycles. The molecule has 3 N–H and O–H groups in total. The maximum Gasteiger partial charge on any atom is 0.309 e. The number of rotatable bonds is 6. The van der Waals surface area contributed by atoms with E-state index >= 15 is 0 Å². The number of nitrogens with zero attached hydrogens (tertiary/aromatic N) is 3. The SMILES string of the molecule is COC(=O)Cc1cccc2ccccc12.Cc1ncc(C[n+]2csc(CCO)c2C)c(N)n1. The Morgan fingerprint density at radius 2 is 1.91 bits per heavy atom. The summed E-state index contributed by atoms with van der Waals surface area (Å²) in [6.45, 7) is 4.71. The van der Waals surface area contributed by atoms with Crippen LogP contribution in [0.5, 0.6) is 0 Å². The van der Waals surface area contributed by atoms with Crippen LogP contribution in [0.4, 0.5) is 5.82 Å². The van der Waals surface area contributed by atoms with Crippen LogP contribution in [0.1, 0.15) is 27.5 Å². The number of ether oxygens (including phenoxy) is 1. The lowest BCUT2D eigenvalue weighted by Gasteiger charge is -2.04. The molecule has 0 atom stereocenters. The predicted molar refractivity (Wildman–Crippen MR) is 130 cm³/mol. The molecule has 0 aliphatic rings. The molecule has 0 spiro atoms. The summed E-state index contributed by atoms with van der Waals surface area (Å²) in [7, 11) is 1.41. The fraction of sp³-hybridized carbons (Fsp3) is 0.280. The number of nitrogens with two attached hydrogens (primary N) is 1. The van der Waals surface area contributed by atoms with E-state index in [0.717, 1.165) is 27.6 Å². The molecule has 2 heterocycles. The van der Waals surface area contributed by atoms with Crippen LogP contribution in [-0.4, -0.2) is 34.8 Å². The van der Waals surface area contributed by atoms with Crippen LogP contribution >= 0.6 is 11.3 Å². The smallest absolute Gasteiger partial charge is 0.309 e. The van der Waals surface area contributed by atoms with Gasteiger partial charge in [-0.05, 0) is 23.3 Å². The minimum atomic E-state index is -0.202. The van der Waals surface area contributed by atoms with Gasteiger partial charge in [0.05, 0.1) is 24.0 Å². The standard InChI is InChI=1S/C13H12O2.C12H17N4OS/c1-15-13(14)9-11-7-4-6-10-5-2-3-8-12(10)11;1-8-11(3-4-17)18-7-16(8)6-10-5-14-9(2)15-12(10)13/h2-8H,9H2,1H3;5,7,17H,3-4,6H2,1-2H3,(H2,13,14,15)/q;+1. The lowest BCUT2D eigenvalue weighted by atomic mass is 10.0. The minimum Gasteiger partial charge on any atom is -0.469 e. The summed E-state index contributed by atoms with van der Waals surface area (Å²) in [4.78, 5) is 20.7. The topological polar surface area (TPSA) is 102 Å². The van der Waals surface area contributed by atoms with Gasteiger partial charge in [-0.15, -0.1) is 0 Å². The number of nitrogen functional groups attached to an aromatic ring is 1. The van der Waals surface area contributed by atoms with Gasteiger partial charge in [-0.3, -0.25) is 4.79 Å². The molecule has 4 aromatic rings. The van der Waals surface area contributed by atoms with E-state index in [9.17, 15) is 4.79 Å². The van der Waals surface area contributed by atoms with E-state index in [1.165, 1.54) is 12.0 Å². The fourth-order valence-electron chi connectivity index (χ4n) is 3.44. The number of aryl methyl sites for hydroxylation is 1. The third kappa shape index (κ3) is 6.34. The second-order valence-corrected chi connectivity index (χ2v) is 8.49. The van der Waals surface area contributed by atoms with Crippen molar-refractivity contribution in [2.45, 2.75) is 33.2 Å². The van der Waals surface area contributed by atoms with E-state index in [2.05, 4.69) is 19.3 Å². The van der Waals surface area contributed by atoms with Gasteiger partial charge in [-0.25, -0.2) is 9.97 Å². The molecular weight excluding hydrogens is 436 g/mol. The number of anilines is 1. The molecular formula is C25H29N4O3S+. The van der Waals surface area contributed by atoms with Crippen molar-refractivity contribution >= 4 is 33.9 Å². The van der Waals surface area contributed by atoms with Crippen molar-refractivity contribution in [3.8, 4) is 0 Å². The van der Waals surface area contributed by atoms with Gasteiger partial charge in [0.1, 0.15) is 11.6 Å². The van der Waals surface area contributed by atoms with E-state index < -0.39 is 0 Å². The molecule has 0 unspecified atom stereocenters. The van der Waals surface area contributed by atoms with Gasteiger partial charge in [0.25, 0.3) is 0 Å². The first-order valence-electron chi connectivity index (χ1n) is 10.6. The number of thiazole rings is 1. The third-order valence-electron chi connectivity index (χ3n) is 5.30. The molecule has 0 aliphatic heterocycles. The number of hydrogen-bond acceptors (Lipinski definition) is 7. The van der Waals surface area contributed by atoms with Crippen LogP contribution in [0, 0.1) is 13.8 Å². The van der Waals surface area contributed by atoms with Gasteiger partial charge < -0.3 is 15.6 Å². The first kappa shape index (κ1) is 24.3. The highest BCUT2D eigenvalue weighted by Crippen LogP contribution is 2.19. The van der Waals surface area contributed by atoms with E-state index in [1.54, 1.807) is 17.5 Å². The summed E-state index contributed by atoms with van der Waals surface area (Å²) in [6, 6.07) is 14.0. The number of methoxy groups -OCH3 is 1. The van der Waals surface area contributed by atoms with Crippen molar-refractivity contribution in [3.63, 3.8) is 0 Å². The average molecular weight is 466 g/mol. The summed E-state index contributed by atoms with van der Waals surface area (Å²) in [5, 5.41) is 11.2. The first-order chi connectivity index (χ1) is 15.9. The summed E-state index contributed by atoms with van der Waals surface area (Å²) in [6.07, 6.45) is 2.80. The molecule has 7 nitrogen and oxygen atoms in total. The molecule has 0 fully saturated rings. The largest absolute Gasteiger partial charge is 0.469 e. The van der Waals surface area contributed by atoms with Crippen molar-refractivity contribution in [1.82, 2.24) is 9.97 Å². The van der Waals surface area contributed by atoms with Crippen LogP contribution in [0.3, 0.4) is 0 Å². The van der Waals surface area contributed by atoms with Gasteiger partial charge >= 0.3 is 5.97 Å². The van der Waals surface area contributed by atoms with Crippen LogP contribution < -0.4 is 10.3 Å². The molecule has 0 radical (unpaired) electrons. The van der Waals surface area contributed by atoms with Crippen molar-refractivity contribution in [2.75, 3.05) is 19.5 Å². The maximum absolute atomic E-state index is 11.2. The summed E-state index contributed by atoms with van der Waals surface area (Å²) >= 11 is 1.65. The zero-order chi connectivity index (χ0) is 23.8. The zero-order valence-corrected chi connectivity index (χ0v) is 19.9. The Hall–Kier alpha value is -3.36. The average Bonchev–Trinajstić information content (AvgIpc) is 3.15. The molecule has 2 aromatic heterocycles. The lowest BCUT2D eigenvalue weighted by Crippen LogP contribution is -2.35. The number of fused-ring (bicyclic) bond motifs is 1. The number of benzene rings is 2. The second-order valence-electron chi connectivity index (χ2n) is 7.55. The third-order valence-corrected chi connectivity index (χ3v) is 6.44. The highest BCUT2D eigenvalue weighted by Gasteiger charge is 2.17. The zero-order valence-electron chi connectivity index (χ0n) is 19.1. The van der Waals surface area contributed by atoms with Gasteiger partial charge in [0.2, 0.25) is 5.51 Å². The number of aromatic nitrogens is 3. The molecule has 8 heteroatoms. The van der Waals surface area contributed by atoms with Gasteiger partial charge in [-0.1, -0.05) is 53.8 Å². The van der Waals surface area contributed by atoms with E-state index in [0.29, 0.717) is 31.0 Å². The summed E-state index contributed by atoms with van der Waals surface area (Å²) < 4.78 is 6.78. The van der Waals surface area contributed by atoms with Crippen LogP contribution in [0.15, 0.2) is 54.2 Å². The number of aliphatic hydroxyl groups is 1. The molecule has 0 saturated heterocycles. The quantitative estimate of drug-likeness (QED) is 0.335. The predicted octanol–water partition coefficient (Wildman–Crippen LogP) is 3.16. The Balaban J connectivity index is 0.000000189. The number of carbonyl (C=O) groups is 1. The molecule has 2 aromatic carbocycles. The Labute approximate surface area is 197 Å². The van der Waals surface area contributed by atoms with Crippen molar-refractivity contribution in [3.05, 3.63) is 81.7 Å². The molecule has 172 valence electrons. The summed E-state index contributed by atoms with van der Waals surface area (Å²) in [5.41, 5.74) is 11.0. The summed E-state index contributed by atoms with van der Waals surface area (Å²) in [5.74, 6) is 1.01. The normalized spacial score (nSPS) is 10.5. The molecule has 33 heavy (non-hydrogen) atoms. The Morgan fingerprint density at radius 3 is 2.64 bits per heavy atom. The molecule has 4 rings (SSSR count). The Bertz CT molecular complexity index is 1230. The van der Waals surface area contributed by atoms with Crippen LogP contribution in [0.2, 0.25) is 0 Å². The number of esters is 1. The van der Waals surface area contributed by atoms with Crippen LogP contribution in [-0.2, 0) is 28.9 Å². The lowest BCUT2D eigenvalue weighted by molar-refractivity contribution is -0.689. The Morgan fingerprint density at radius 1 is 1.15 bits per heavy atom. The minimum absolute atomic E-state index is 0.178. The van der Waals surface area contributed by atoms with Gasteiger partial charge in [0, 0.05) is 26.1 Å². The van der Waals surface area contributed by atoms with Gasteiger partial charge in [0.15, 0.2) is 12.2 Å². The number of hydrogen-bond donors (Lipinski definition) is 2. The fourth-order valence-corrected chi connectivity index (χ4v) is 4.43. The highest BCUT2D eigenvalue weighted by molar-refractivity contribution is 7.09. The second kappa shape index (κ2) is 11.5. The monoisotopic (exact) mass is 465 g/mol. The van der Waals surface area contributed by atoms with Crippen molar-refractivity contribution < 1.29 is 19.2 Å². The van der Waals surface area contributed by atoms with Gasteiger partial charge in [-0.2, -0.15) is 4.57 Å². The number of carbonyl (C=O) groups excluding carboxylic acids is 1.